The zero-order valence-electron chi connectivity index (χ0n) is 19.4. The molecule has 0 unspecified atom stereocenters. The van der Waals surface area contributed by atoms with E-state index in [1.54, 1.807) is 27.7 Å². The SMILES string of the molecule is C#Cc1ccc(OC2CN(c3ccc(-c4cc(-c5cnn(C)c5)cn5ncc(C#N)c45)cn3)C2)nc1. The summed E-state index contributed by atoms with van der Waals surface area (Å²) in [5.41, 5.74) is 5.69. The van der Waals surface area contributed by atoms with Crippen LogP contribution in [0.4, 0.5) is 5.82 Å². The Kier molecular flexibility index (Phi) is 5.09. The van der Waals surface area contributed by atoms with Crippen LogP contribution >= 0.6 is 0 Å². The van der Waals surface area contributed by atoms with Crippen molar-refractivity contribution in [2.75, 3.05) is 18.0 Å². The summed E-state index contributed by atoms with van der Waals surface area (Å²) in [5.74, 6) is 3.98. The average molecular weight is 473 g/mol. The number of hydrogen-bond donors (Lipinski definition) is 0. The lowest BCUT2D eigenvalue weighted by Gasteiger charge is -2.39. The topological polar surface area (TPSA) is 97.2 Å². The summed E-state index contributed by atoms with van der Waals surface area (Å²) in [6.45, 7) is 1.43. The lowest BCUT2D eigenvalue weighted by molar-refractivity contribution is 0.160. The summed E-state index contributed by atoms with van der Waals surface area (Å²) in [4.78, 5) is 11.1. The first-order valence-corrected chi connectivity index (χ1v) is 11.3. The van der Waals surface area contributed by atoms with E-state index in [9.17, 15) is 5.26 Å². The van der Waals surface area contributed by atoms with Crippen molar-refractivity contribution in [3.05, 3.63) is 78.6 Å². The molecule has 5 aromatic rings. The van der Waals surface area contributed by atoms with E-state index >= 15 is 0 Å². The lowest BCUT2D eigenvalue weighted by atomic mass is 10.0. The third-order valence-corrected chi connectivity index (χ3v) is 6.19. The van der Waals surface area contributed by atoms with Crippen LogP contribution in [0.1, 0.15) is 11.1 Å². The molecule has 6 heterocycles. The monoisotopic (exact) mass is 472 g/mol. The minimum absolute atomic E-state index is 0.0384. The van der Waals surface area contributed by atoms with E-state index in [-0.39, 0.29) is 6.10 Å². The second-order valence-electron chi connectivity index (χ2n) is 8.59. The van der Waals surface area contributed by atoms with Crippen LogP contribution in [-0.4, -0.2) is 48.6 Å². The van der Waals surface area contributed by atoms with Crippen LogP contribution in [0.2, 0.25) is 0 Å². The highest BCUT2D eigenvalue weighted by molar-refractivity contribution is 5.87. The van der Waals surface area contributed by atoms with Gasteiger partial charge in [0.1, 0.15) is 18.0 Å². The maximum Gasteiger partial charge on any atom is 0.213 e. The minimum atomic E-state index is 0.0384. The molecule has 5 aromatic heterocycles. The molecular formula is C27H20N8O. The molecule has 1 aliphatic rings. The summed E-state index contributed by atoms with van der Waals surface area (Å²) in [7, 11) is 1.88. The summed E-state index contributed by atoms with van der Waals surface area (Å²) < 4.78 is 9.42. The second-order valence-corrected chi connectivity index (χ2v) is 8.59. The van der Waals surface area contributed by atoms with E-state index in [1.807, 2.05) is 50.0 Å². The van der Waals surface area contributed by atoms with Crippen LogP contribution in [0.15, 0.2) is 67.5 Å². The Morgan fingerprint density at radius 2 is 1.86 bits per heavy atom. The van der Waals surface area contributed by atoms with Gasteiger partial charge in [-0.05, 0) is 24.3 Å². The predicted octanol–water partition coefficient (Wildman–Crippen LogP) is 3.31. The number of ether oxygens (including phenoxy) is 1. The van der Waals surface area contributed by atoms with Gasteiger partial charge in [0.15, 0.2) is 0 Å². The highest BCUT2D eigenvalue weighted by Crippen LogP contribution is 2.32. The van der Waals surface area contributed by atoms with Crippen LogP contribution in [-0.2, 0) is 7.05 Å². The maximum atomic E-state index is 9.63. The maximum absolute atomic E-state index is 9.63. The van der Waals surface area contributed by atoms with Crippen molar-refractivity contribution in [2.24, 2.45) is 7.05 Å². The number of fused-ring (bicyclic) bond motifs is 1. The molecule has 174 valence electrons. The van der Waals surface area contributed by atoms with Crippen molar-refractivity contribution in [1.29, 1.82) is 5.26 Å². The molecule has 1 saturated heterocycles. The Labute approximate surface area is 207 Å². The number of rotatable bonds is 5. The number of aryl methyl sites for hydroxylation is 1. The molecule has 0 aliphatic carbocycles. The first-order chi connectivity index (χ1) is 17.6. The van der Waals surface area contributed by atoms with Gasteiger partial charge in [0.25, 0.3) is 0 Å². The quantitative estimate of drug-likeness (QED) is 0.362. The van der Waals surface area contributed by atoms with Gasteiger partial charge in [-0.1, -0.05) is 5.92 Å². The third-order valence-electron chi connectivity index (χ3n) is 6.19. The fourth-order valence-electron chi connectivity index (χ4n) is 4.29. The Bertz CT molecular complexity index is 1650. The smallest absolute Gasteiger partial charge is 0.213 e. The van der Waals surface area contributed by atoms with Crippen molar-refractivity contribution < 1.29 is 4.74 Å². The third kappa shape index (κ3) is 3.79. The standard InChI is InChI=1S/C27H20N8O/c1-3-18-4-7-26(30-10-18)36-23-16-34(17-23)25-6-5-19(11-29-25)24-8-20(22-13-31-33(2)14-22)15-35-27(24)21(9-28)12-32-35/h1,4-8,10-15,23H,16-17H2,2H3. The molecule has 0 radical (unpaired) electrons. The largest absolute Gasteiger partial charge is 0.471 e. The summed E-state index contributed by atoms with van der Waals surface area (Å²) in [6, 6.07) is 11.9. The molecule has 0 atom stereocenters. The number of hydrogen-bond acceptors (Lipinski definition) is 7. The minimum Gasteiger partial charge on any atom is -0.471 e. The first kappa shape index (κ1) is 21.4. The van der Waals surface area contributed by atoms with E-state index in [4.69, 9.17) is 16.1 Å². The van der Waals surface area contributed by atoms with Crippen molar-refractivity contribution in [1.82, 2.24) is 29.4 Å². The van der Waals surface area contributed by atoms with E-state index in [0.717, 1.165) is 39.2 Å². The van der Waals surface area contributed by atoms with Gasteiger partial charge in [-0.15, -0.1) is 6.42 Å². The molecule has 0 spiro atoms. The van der Waals surface area contributed by atoms with E-state index in [1.165, 1.54) is 0 Å². The van der Waals surface area contributed by atoms with Crippen molar-refractivity contribution in [3.63, 3.8) is 0 Å². The number of pyridine rings is 3. The van der Waals surface area contributed by atoms with Crippen LogP contribution < -0.4 is 9.64 Å². The molecule has 1 fully saturated rings. The fraction of sp³-hybridized carbons (Fsp3) is 0.148. The van der Waals surface area contributed by atoms with Gasteiger partial charge >= 0.3 is 0 Å². The fourth-order valence-corrected chi connectivity index (χ4v) is 4.29. The van der Waals surface area contributed by atoms with Gasteiger partial charge < -0.3 is 9.64 Å². The molecule has 0 amide bonds. The number of terminal acetylenes is 1. The van der Waals surface area contributed by atoms with Gasteiger partial charge in [0.05, 0.1) is 36.6 Å². The van der Waals surface area contributed by atoms with Gasteiger partial charge in [0.2, 0.25) is 5.88 Å². The van der Waals surface area contributed by atoms with E-state index in [0.29, 0.717) is 24.5 Å². The average Bonchev–Trinajstić information content (AvgIpc) is 3.52. The highest BCUT2D eigenvalue weighted by atomic mass is 16.5. The van der Waals surface area contributed by atoms with Crippen LogP contribution in [0.25, 0.3) is 27.8 Å². The molecule has 36 heavy (non-hydrogen) atoms. The molecule has 9 nitrogen and oxygen atoms in total. The molecule has 1 aliphatic heterocycles. The van der Waals surface area contributed by atoms with Gasteiger partial charge in [0, 0.05) is 65.7 Å². The number of anilines is 1. The first-order valence-electron chi connectivity index (χ1n) is 11.3. The predicted molar refractivity (Wildman–Crippen MR) is 134 cm³/mol. The van der Waals surface area contributed by atoms with E-state index in [2.05, 4.69) is 38.1 Å². The molecule has 0 bridgehead atoms. The molecule has 0 N–H and O–H groups in total. The number of aromatic nitrogens is 6. The molecule has 6 rings (SSSR count). The van der Waals surface area contributed by atoms with Crippen molar-refractivity contribution >= 4 is 11.3 Å². The van der Waals surface area contributed by atoms with Crippen LogP contribution in [0, 0.1) is 23.7 Å². The van der Waals surface area contributed by atoms with Gasteiger partial charge in [-0.2, -0.15) is 15.5 Å². The molecule has 0 saturated carbocycles. The Hall–Kier alpha value is -5.15. The molecule has 0 aromatic carbocycles. The number of nitriles is 1. The van der Waals surface area contributed by atoms with Gasteiger partial charge in [-0.25, -0.2) is 14.5 Å². The lowest BCUT2D eigenvalue weighted by Crippen LogP contribution is -2.54. The van der Waals surface area contributed by atoms with E-state index < -0.39 is 0 Å². The van der Waals surface area contributed by atoms with Crippen LogP contribution in [0.5, 0.6) is 5.88 Å². The zero-order chi connectivity index (χ0) is 24.6. The number of nitrogens with zero attached hydrogens (tertiary/aromatic N) is 8. The highest BCUT2D eigenvalue weighted by Gasteiger charge is 2.30. The summed E-state index contributed by atoms with van der Waals surface area (Å²) in [5, 5.41) is 18.3. The second kappa shape index (κ2) is 8.57. The van der Waals surface area contributed by atoms with Crippen LogP contribution in [0.3, 0.4) is 0 Å². The zero-order valence-corrected chi connectivity index (χ0v) is 19.4. The summed E-state index contributed by atoms with van der Waals surface area (Å²) >= 11 is 0. The Morgan fingerprint density at radius 1 is 0.972 bits per heavy atom. The van der Waals surface area contributed by atoms with Crippen molar-refractivity contribution in [2.45, 2.75) is 6.10 Å². The van der Waals surface area contributed by atoms with Gasteiger partial charge in [-0.3, -0.25) is 4.68 Å². The Morgan fingerprint density at radius 3 is 2.53 bits per heavy atom. The Balaban J connectivity index is 1.24. The summed E-state index contributed by atoms with van der Waals surface area (Å²) in [6.07, 6.45) is 16.1. The normalized spacial score (nSPS) is 13.2. The molecular weight excluding hydrogens is 452 g/mol. The van der Waals surface area contributed by atoms with Crippen molar-refractivity contribution in [3.8, 4) is 46.5 Å². The molecule has 9 heteroatoms.